The molecule has 1 heterocycles. The van der Waals surface area contributed by atoms with Gasteiger partial charge in [-0.3, -0.25) is 4.79 Å². The number of aromatic nitrogens is 2. The lowest BCUT2D eigenvalue weighted by Crippen LogP contribution is -2.39. The van der Waals surface area contributed by atoms with Crippen molar-refractivity contribution < 1.29 is 4.84 Å². The number of benzene rings is 2. The molecule has 7 heteroatoms. The minimum atomic E-state index is -0.569. The molecule has 1 aromatic heterocycles. The fraction of sp³-hybridized carbons (Fsp3) is 0.222. The molecule has 0 radical (unpaired) electrons. The van der Waals surface area contributed by atoms with Crippen molar-refractivity contribution in [3.05, 3.63) is 61.4 Å². The quantitative estimate of drug-likeness (QED) is 0.569. The molecule has 3 aromatic rings. The second-order valence-electron chi connectivity index (χ2n) is 6.53. The molecule has 0 spiro atoms. The van der Waals surface area contributed by atoms with Crippen LogP contribution in [0.25, 0.3) is 10.9 Å². The third kappa shape index (κ3) is 4.24. The van der Waals surface area contributed by atoms with Gasteiger partial charge in [-0.15, -0.1) is 4.73 Å². The average Bonchev–Trinajstić information content (AvgIpc) is 2.53. The monoisotopic (exact) mass is 469 g/mol. The third-order valence-corrected chi connectivity index (χ3v) is 4.21. The van der Waals surface area contributed by atoms with Crippen LogP contribution in [0.4, 0.5) is 11.6 Å². The van der Waals surface area contributed by atoms with Crippen LogP contribution >= 0.6 is 34.2 Å². The van der Waals surface area contributed by atoms with Gasteiger partial charge in [-0.25, -0.2) is 4.98 Å². The summed E-state index contributed by atoms with van der Waals surface area (Å²) >= 11 is 8.26. The Morgan fingerprint density at radius 3 is 2.48 bits per heavy atom. The van der Waals surface area contributed by atoms with Gasteiger partial charge in [0.1, 0.15) is 5.60 Å². The Morgan fingerprint density at radius 1 is 1.16 bits per heavy atom. The summed E-state index contributed by atoms with van der Waals surface area (Å²) in [6.07, 6.45) is 0. The maximum absolute atomic E-state index is 12.9. The van der Waals surface area contributed by atoms with E-state index in [1.54, 1.807) is 18.2 Å². The van der Waals surface area contributed by atoms with Crippen molar-refractivity contribution in [1.82, 2.24) is 9.71 Å². The number of anilines is 2. The predicted molar refractivity (Wildman–Crippen MR) is 110 cm³/mol. The van der Waals surface area contributed by atoms with Gasteiger partial charge in [0.25, 0.3) is 5.56 Å². The number of hydrogen-bond donors (Lipinski definition) is 1. The molecule has 130 valence electrons. The van der Waals surface area contributed by atoms with E-state index in [9.17, 15) is 4.79 Å². The second-order valence-corrected chi connectivity index (χ2v) is 8.21. The smallest absolute Gasteiger partial charge is 0.295 e. The molecule has 0 amide bonds. The Morgan fingerprint density at radius 2 is 1.84 bits per heavy atom. The molecule has 5 nitrogen and oxygen atoms in total. The van der Waals surface area contributed by atoms with Gasteiger partial charge in [0, 0.05) is 14.3 Å². The topological polar surface area (TPSA) is 56.1 Å². The van der Waals surface area contributed by atoms with E-state index in [2.05, 4.69) is 32.9 Å². The van der Waals surface area contributed by atoms with Gasteiger partial charge < -0.3 is 10.2 Å². The van der Waals surface area contributed by atoms with Crippen molar-refractivity contribution in [3.63, 3.8) is 0 Å². The normalized spacial score (nSPS) is 11.6. The largest absolute Gasteiger partial charge is 0.402 e. The number of nitrogens with one attached hydrogen (secondary N) is 1. The van der Waals surface area contributed by atoms with Gasteiger partial charge in [0.05, 0.1) is 10.9 Å². The molecule has 2 aromatic carbocycles. The minimum Gasteiger partial charge on any atom is -0.402 e. The van der Waals surface area contributed by atoms with Crippen LogP contribution in [-0.4, -0.2) is 15.3 Å². The van der Waals surface area contributed by atoms with Crippen molar-refractivity contribution >= 4 is 56.7 Å². The summed E-state index contributed by atoms with van der Waals surface area (Å²) in [6.45, 7) is 5.61. The van der Waals surface area contributed by atoms with Crippen LogP contribution in [0.2, 0.25) is 5.02 Å². The number of halogens is 2. The van der Waals surface area contributed by atoms with Crippen LogP contribution in [0.1, 0.15) is 20.8 Å². The maximum atomic E-state index is 12.9. The highest BCUT2D eigenvalue weighted by Crippen LogP contribution is 2.20. The molecule has 0 aliphatic rings. The molecule has 0 aliphatic carbocycles. The average molecular weight is 470 g/mol. The van der Waals surface area contributed by atoms with Crippen molar-refractivity contribution in [1.29, 1.82) is 0 Å². The fourth-order valence-electron chi connectivity index (χ4n) is 2.24. The molecule has 0 bridgehead atoms. The Labute approximate surface area is 164 Å². The molecule has 0 aliphatic heterocycles. The molecule has 0 atom stereocenters. The Balaban J connectivity index is 2.17. The van der Waals surface area contributed by atoms with Crippen LogP contribution in [0.3, 0.4) is 0 Å². The van der Waals surface area contributed by atoms with Gasteiger partial charge in [-0.05, 0) is 85.8 Å². The van der Waals surface area contributed by atoms with Crippen molar-refractivity contribution in [2.75, 3.05) is 5.32 Å². The Bertz CT molecular complexity index is 979. The van der Waals surface area contributed by atoms with Crippen LogP contribution in [0, 0.1) is 3.57 Å². The summed E-state index contributed by atoms with van der Waals surface area (Å²) in [5.41, 5.74) is 0.485. The third-order valence-electron chi connectivity index (χ3n) is 3.26. The fourth-order valence-corrected chi connectivity index (χ4v) is 2.77. The summed E-state index contributed by atoms with van der Waals surface area (Å²) in [4.78, 5) is 23.3. The van der Waals surface area contributed by atoms with E-state index in [0.717, 1.165) is 9.26 Å². The number of rotatable bonds is 3. The summed E-state index contributed by atoms with van der Waals surface area (Å²) in [5, 5.41) is 4.05. The van der Waals surface area contributed by atoms with Crippen LogP contribution in [0.5, 0.6) is 0 Å². The summed E-state index contributed by atoms with van der Waals surface area (Å²) < 4.78 is 2.31. The molecular formula is C18H17ClIN3O2. The molecule has 0 saturated carbocycles. The molecule has 0 fully saturated rings. The van der Waals surface area contributed by atoms with E-state index < -0.39 is 5.60 Å². The zero-order valence-corrected chi connectivity index (χ0v) is 16.9. The van der Waals surface area contributed by atoms with Crippen molar-refractivity contribution in [3.8, 4) is 0 Å². The summed E-state index contributed by atoms with van der Waals surface area (Å²) in [7, 11) is 0. The zero-order valence-electron chi connectivity index (χ0n) is 14.0. The number of hydrogen-bond acceptors (Lipinski definition) is 4. The standard InChI is InChI=1S/C18H17ClIN3O2/c1-18(2,3)25-23-16(24)14-10-11(19)4-9-15(14)22-17(23)21-13-7-5-12(20)6-8-13/h4-10H,1-3H3,(H,21,22). The minimum absolute atomic E-state index is 0.310. The van der Waals surface area contributed by atoms with E-state index in [1.165, 1.54) is 4.73 Å². The maximum Gasteiger partial charge on any atom is 0.295 e. The van der Waals surface area contributed by atoms with E-state index >= 15 is 0 Å². The van der Waals surface area contributed by atoms with Crippen LogP contribution < -0.4 is 15.7 Å². The van der Waals surface area contributed by atoms with E-state index in [4.69, 9.17) is 16.4 Å². The first-order chi connectivity index (χ1) is 11.7. The Kier molecular flexibility index (Phi) is 4.92. The zero-order chi connectivity index (χ0) is 18.2. The summed E-state index contributed by atoms with van der Waals surface area (Å²) in [5.74, 6) is 0.316. The van der Waals surface area contributed by atoms with E-state index in [1.807, 2.05) is 45.0 Å². The van der Waals surface area contributed by atoms with Gasteiger partial charge in [-0.2, -0.15) is 0 Å². The first-order valence-corrected chi connectivity index (χ1v) is 9.13. The molecule has 0 saturated heterocycles. The first kappa shape index (κ1) is 18.0. The van der Waals surface area contributed by atoms with Crippen LogP contribution in [-0.2, 0) is 0 Å². The van der Waals surface area contributed by atoms with E-state index in [0.29, 0.717) is 21.9 Å². The second kappa shape index (κ2) is 6.84. The van der Waals surface area contributed by atoms with Crippen LogP contribution in [0.15, 0.2) is 47.3 Å². The van der Waals surface area contributed by atoms with Gasteiger partial charge in [0.2, 0.25) is 5.95 Å². The Hall–Kier alpha value is -1.80. The first-order valence-electron chi connectivity index (χ1n) is 7.67. The lowest BCUT2D eigenvalue weighted by atomic mass is 10.2. The number of nitrogens with zero attached hydrogens (tertiary/aromatic N) is 2. The SMILES string of the molecule is CC(C)(C)On1c(Nc2ccc(I)cc2)nc2ccc(Cl)cc2c1=O. The van der Waals surface area contributed by atoms with E-state index in [-0.39, 0.29) is 5.56 Å². The molecule has 1 N–H and O–H groups in total. The molecule has 25 heavy (non-hydrogen) atoms. The summed E-state index contributed by atoms with van der Waals surface area (Å²) in [6, 6.07) is 12.8. The van der Waals surface area contributed by atoms with Crippen molar-refractivity contribution in [2.45, 2.75) is 26.4 Å². The lowest BCUT2D eigenvalue weighted by Gasteiger charge is -2.24. The van der Waals surface area contributed by atoms with Gasteiger partial charge in [-0.1, -0.05) is 11.6 Å². The number of fused-ring (bicyclic) bond motifs is 1. The highest BCUT2D eigenvalue weighted by atomic mass is 127. The molecular weight excluding hydrogens is 453 g/mol. The highest BCUT2D eigenvalue weighted by molar-refractivity contribution is 14.1. The van der Waals surface area contributed by atoms with Gasteiger partial charge in [0.15, 0.2) is 0 Å². The molecule has 3 rings (SSSR count). The predicted octanol–water partition coefficient (Wildman–Crippen LogP) is 4.63. The lowest BCUT2D eigenvalue weighted by molar-refractivity contribution is -0.0175. The van der Waals surface area contributed by atoms with Gasteiger partial charge >= 0.3 is 0 Å². The highest BCUT2D eigenvalue weighted by Gasteiger charge is 2.19. The van der Waals surface area contributed by atoms with Crippen molar-refractivity contribution in [2.24, 2.45) is 0 Å². The molecule has 0 unspecified atom stereocenters.